The van der Waals surface area contributed by atoms with E-state index in [0.717, 1.165) is 5.56 Å². The molecule has 0 radical (unpaired) electrons. The molecule has 0 aliphatic heterocycles. The van der Waals surface area contributed by atoms with Gasteiger partial charge in [-0.25, -0.2) is 15.6 Å². The van der Waals surface area contributed by atoms with Crippen LogP contribution in [-0.4, -0.2) is 33.9 Å². The zero-order valence-electron chi connectivity index (χ0n) is 13.6. The number of aliphatic hydroxyl groups is 2. The topological polar surface area (TPSA) is 130 Å². The lowest BCUT2D eigenvalue weighted by Gasteiger charge is -2.18. The van der Waals surface area contributed by atoms with Crippen molar-refractivity contribution in [2.24, 2.45) is 5.84 Å². The van der Waals surface area contributed by atoms with Gasteiger partial charge in [-0.3, -0.25) is 0 Å². The minimum atomic E-state index is -1.18. The summed E-state index contributed by atoms with van der Waals surface area (Å²) in [7, 11) is 0. The molecule has 0 saturated heterocycles. The van der Waals surface area contributed by atoms with E-state index in [9.17, 15) is 15.0 Å². The largest absolute Gasteiger partial charge is 0.445 e. The number of hydrazine groups is 1. The number of carbonyl (C=O) groups is 1. The van der Waals surface area contributed by atoms with E-state index in [1.54, 1.807) is 18.2 Å². The van der Waals surface area contributed by atoms with E-state index in [0.29, 0.717) is 5.82 Å². The highest BCUT2D eigenvalue weighted by atomic mass is 16.5. The summed E-state index contributed by atoms with van der Waals surface area (Å²) in [6, 6.07) is 14.2. The van der Waals surface area contributed by atoms with E-state index >= 15 is 0 Å². The Kier molecular flexibility index (Phi) is 7.15. The maximum Gasteiger partial charge on any atom is 0.407 e. The number of aromatic nitrogens is 1. The molecule has 0 saturated carbocycles. The lowest BCUT2D eigenvalue weighted by atomic mass is 10.1. The molecule has 0 aliphatic rings. The lowest BCUT2D eigenvalue weighted by Crippen LogP contribution is -2.30. The summed E-state index contributed by atoms with van der Waals surface area (Å²) in [5.41, 5.74) is 3.54. The van der Waals surface area contributed by atoms with Gasteiger partial charge in [0, 0.05) is 6.54 Å². The van der Waals surface area contributed by atoms with Crippen LogP contribution in [0, 0.1) is 0 Å². The van der Waals surface area contributed by atoms with Crippen molar-refractivity contribution in [2.45, 2.75) is 25.2 Å². The Balaban J connectivity index is 1.71. The van der Waals surface area contributed by atoms with Gasteiger partial charge in [-0.2, -0.15) is 0 Å². The van der Waals surface area contributed by atoms with Gasteiger partial charge in [-0.1, -0.05) is 36.4 Å². The van der Waals surface area contributed by atoms with Gasteiger partial charge in [0.2, 0.25) is 0 Å². The molecule has 8 heteroatoms. The molecule has 2 atom stereocenters. The zero-order chi connectivity index (χ0) is 18.1. The van der Waals surface area contributed by atoms with Gasteiger partial charge in [-0.05, 0) is 24.1 Å². The van der Waals surface area contributed by atoms with Gasteiger partial charge in [-0.15, -0.1) is 0 Å². The first-order valence-electron chi connectivity index (χ1n) is 7.84. The van der Waals surface area contributed by atoms with Crippen LogP contribution in [0.1, 0.15) is 23.8 Å². The second-order valence-corrected chi connectivity index (χ2v) is 5.38. The van der Waals surface area contributed by atoms with Crippen molar-refractivity contribution >= 4 is 11.9 Å². The second kappa shape index (κ2) is 9.58. The highest BCUT2D eigenvalue weighted by Gasteiger charge is 2.20. The highest BCUT2D eigenvalue weighted by molar-refractivity contribution is 5.67. The Bertz CT molecular complexity index is 669. The van der Waals surface area contributed by atoms with Crippen molar-refractivity contribution in [1.29, 1.82) is 0 Å². The van der Waals surface area contributed by atoms with Crippen LogP contribution in [0.4, 0.5) is 10.6 Å². The predicted octanol–water partition coefficient (Wildman–Crippen LogP) is 1.08. The maximum atomic E-state index is 11.6. The molecule has 2 aromatic rings. The van der Waals surface area contributed by atoms with Crippen molar-refractivity contribution in [3.05, 3.63) is 59.8 Å². The molecule has 0 bridgehead atoms. The molecule has 0 fully saturated rings. The number of aliphatic hydroxyl groups excluding tert-OH is 2. The van der Waals surface area contributed by atoms with Crippen LogP contribution in [0.15, 0.2) is 48.5 Å². The van der Waals surface area contributed by atoms with Crippen molar-refractivity contribution < 1.29 is 19.7 Å². The third-order valence-corrected chi connectivity index (χ3v) is 3.51. The van der Waals surface area contributed by atoms with E-state index in [1.807, 2.05) is 30.3 Å². The first kappa shape index (κ1) is 18.7. The van der Waals surface area contributed by atoms with Crippen molar-refractivity contribution in [3.63, 3.8) is 0 Å². The first-order valence-corrected chi connectivity index (χ1v) is 7.84. The molecule has 1 amide bonds. The number of pyridine rings is 1. The van der Waals surface area contributed by atoms with Crippen LogP contribution in [0.3, 0.4) is 0 Å². The second-order valence-electron chi connectivity index (χ2n) is 5.38. The SMILES string of the molecule is NNc1cccc(C(O)C(O)CCNC(=O)OCc2ccccc2)n1. The van der Waals surface area contributed by atoms with Gasteiger partial charge in [0.05, 0.1) is 11.8 Å². The van der Waals surface area contributed by atoms with Crippen molar-refractivity contribution in [1.82, 2.24) is 10.3 Å². The summed E-state index contributed by atoms with van der Waals surface area (Å²) in [4.78, 5) is 15.7. The number of nitrogens with one attached hydrogen (secondary N) is 2. The Morgan fingerprint density at radius 3 is 2.64 bits per heavy atom. The molecule has 1 heterocycles. The smallest absolute Gasteiger partial charge is 0.407 e. The van der Waals surface area contributed by atoms with Crippen molar-refractivity contribution in [3.8, 4) is 0 Å². The molecule has 8 nitrogen and oxygen atoms in total. The molecule has 1 aromatic heterocycles. The summed E-state index contributed by atoms with van der Waals surface area (Å²) in [6.45, 7) is 0.321. The predicted molar refractivity (Wildman–Crippen MR) is 92.3 cm³/mol. The number of amides is 1. The molecule has 2 unspecified atom stereocenters. The lowest BCUT2D eigenvalue weighted by molar-refractivity contribution is 0.0112. The van der Waals surface area contributed by atoms with Gasteiger partial charge < -0.3 is 25.7 Å². The standard InChI is InChI=1S/C17H22N4O4/c18-21-15-8-4-7-13(20-15)16(23)14(22)9-10-19-17(24)25-11-12-5-2-1-3-6-12/h1-8,14,16,22-23H,9-11,18H2,(H,19,24)(H,20,21). The summed E-state index contributed by atoms with van der Waals surface area (Å²) in [6.07, 6.45) is -2.72. The van der Waals surface area contributed by atoms with Crippen LogP contribution < -0.4 is 16.6 Å². The average Bonchev–Trinajstić information content (AvgIpc) is 2.66. The minimum Gasteiger partial charge on any atom is -0.445 e. The van der Waals surface area contributed by atoms with E-state index in [4.69, 9.17) is 10.6 Å². The number of ether oxygens (including phenoxy) is 1. The highest BCUT2D eigenvalue weighted by Crippen LogP contribution is 2.18. The number of nitrogens with two attached hydrogens (primary N) is 1. The van der Waals surface area contributed by atoms with Crippen LogP contribution in [0.5, 0.6) is 0 Å². The number of anilines is 1. The number of nitrogen functional groups attached to an aromatic ring is 1. The van der Waals surface area contributed by atoms with Crippen molar-refractivity contribution in [2.75, 3.05) is 12.0 Å². The summed E-state index contributed by atoms with van der Waals surface area (Å²) >= 11 is 0. The summed E-state index contributed by atoms with van der Waals surface area (Å²) in [5, 5.41) is 22.7. The monoisotopic (exact) mass is 346 g/mol. The van der Waals surface area contributed by atoms with Crippen LogP contribution in [0.25, 0.3) is 0 Å². The number of benzene rings is 1. The van der Waals surface area contributed by atoms with Crippen LogP contribution >= 0.6 is 0 Å². The van der Waals surface area contributed by atoms with Gasteiger partial charge in [0.15, 0.2) is 0 Å². The number of alkyl carbamates (subject to hydrolysis) is 1. The fourth-order valence-electron chi connectivity index (χ4n) is 2.15. The van der Waals surface area contributed by atoms with E-state index < -0.39 is 18.3 Å². The first-order chi connectivity index (χ1) is 12.1. The van der Waals surface area contributed by atoms with Crippen LogP contribution in [-0.2, 0) is 11.3 Å². The third-order valence-electron chi connectivity index (χ3n) is 3.51. The Hall–Kier alpha value is -2.68. The quantitative estimate of drug-likeness (QED) is 0.357. The maximum absolute atomic E-state index is 11.6. The number of carbonyl (C=O) groups excluding carboxylic acids is 1. The fraction of sp³-hybridized carbons (Fsp3) is 0.294. The molecule has 0 aliphatic carbocycles. The van der Waals surface area contributed by atoms with E-state index in [1.165, 1.54) is 0 Å². The minimum absolute atomic E-state index is 0.142. The number of nitrogens with zero attached hydrogens (tertiary/aromatic N) is 1. The van der Waals surface area contributed by atoms with Gasteiger partial charge in [0.1, 0.15) is 18.5 Å². The molecular weight excluding hydrogens is 324 g/mol. The molecule has 25 heavy (non-hydrogen) atoms. The third kappa shape index (κ3) is 6.03. The molecule has 6 N–H and O–H groups in total. The van der Waals surface area contributed by atoms with E-state index in [-0.39, 0.29) is 25.3 Å². The number of hydrogen-bond donors (Lipinski definition) is 5. The van der Waals surface area contributed by atoms with Gasteiger partial charge in [0.25, 0.3) is 0 Å². The molecule has 1 aromatic carbocycles. The van der Waals surface area contributed by atoms with E-state index in [2.05, 4.69) is 15.7 Å². The fourth-order valence-corrected chi connectivity index (χ4v) is 2.15. The number of hydrogen-bond acceptors (Lipinski definition) is 7. The Morgan fingerprint density at radius 2 is 1.92 bits per heavy atom. The molecule has 0 spiro atoms. The van der Waals surface area contributed by atoms with Crippen LogP contribution in [0.2, 0.25) is 0 Å². The summed E-state index contributed by atoms with van der Waals surface area (Å²) < 4.78 is 5.06. The Labute approximate surface area is 145 Å². The molecule has 2 rings (SSSR count). The normalized spacial score (nSPS) is 12.9. The summed E-state index contributed by atoms with van der Waals surface area (Å²) in [5.74, 6) is 5.64. The molecular formula is C17H22N4O4. The zero-order valence-corrected chi connectivity index (χ0v) is 13.6. The number of rotatable bonds is 8. The van der Waals surface area contributed by atoms with Gasteiger partial charge >= 0.3 is 6.09 Å². The average molecular weight is 346 g/mol. The molecule has 134 valence electrons. The Morgan fingerprint density at radius 1 is 1.16 bits per heavy atom.